The molecule has 1 N–H and O–H groups in total. The van der Waals surface area contributed by atoms with Gasteiger partial charge >= 0.3 is 0 Å². The molecule has 2 rings (SSSR count). The van der Waals surface area contributed by atoms with Gasteiger partial charge in [-0.3, -0.25) is 9.59 Å². The number of anilines is 1. The molecule has 0 aliphatic carbocycles. The highest BCUT2D eigenvalue weighted by Gasteiger charge is 2.61. The van der Waals surface area contributed by atoms with Gasteiger partial charge in [0.05, 0.1) is 6.61 Å². The molecule has 4 heteroatoms. The zero-order valence-corrected chi connectivity index (χ0v) is 10.8. The van der Waals surface area contributed by atoms with Crippen molar-refractivity contribution in [1.82, 2.24) is 0 Å². The van der Waals surface area contributed by atoms with Crippen LogP contribution in [0.25, 0.3) is 0 Å². The molecule has 18 heavy (non-hydrogen) atoms. The van der Waals surface area contributed by atoms with Gasteiger partial charge in [-0.15, -0.1) is 0 Å². The lowest BCUT2D eigenvalue weighted by atomic mass is 9.82. The first-order chi connectivity index (χ1) is 8.36. The molecule has 0 aromatic heterocycles. The number of epoxide rings is 1. The average Bonchev–Trinajstić information content (AvgIpc) is 3.09. The highest BCUT2D eigenvalue weighted by atomic mass is 16.6. The Balaban J connectivity index is 2.13. The third-order valence-corrected chi connectivity index (χ3v) is 2.88. The van der Waals surface area contributed by atoms with Gasteiger partial charge in [0.2, 0.25) is 5.60 Å². The fourth-order valence-electron chi connectivity index (χ4n) is 1.80. The van der Waals surface area contributed by atoms with Crippen LogP contribution < -0.4 is 5.32 Å². The van der Waals surface area contributed by atoms with Crippen molar-refractivity contribution in [2.24, 2.45) is 5.41 Å². The second-order valence-corrected chi connectivity index (χ2v) is 5.51. The van der Waals surface area contributed by atoms with Crippen LogP contribution in [0.15, 0.2) is 30.3 Å². The molecule has 96 valence electrons. The lowest BCUT2D eigenvalue weighted by molar-refractivity contribution is -0.138. The number of benzene rings is 1. The standard InChI is InChI=1S/C14H17NO3/c1-13(2,3)11(16)14(9-18-14)12(17)15-10-7-5-4-6-8-10/h4-8H,9H2,1-3H3,(H,15,17). The van der Waals surface area contributed by atoms with Crippen molar-refractivity contribution in [3.63, 3.8) is 0 Å². The Bertz CT molecular complexity index is 470. The zero-order valence-electron chi connectivity index (χ0n) is 10.8. The van der Waals surface area contributed by atoms with Crippen molar-refractivity contribution < 1.29 is 14.3 Å². The molecular formula is C14H17NO3. The van der Waals surface area contributed by atoms with Crippen LogP contribution in [0, 0.1) is 5.41 Å². The number of ether oxygens (including phenoxy) is 1. The molecule has 1 amide bonds. The molecule has 1 atom stereocenters. The Morgan fingerprint density at radius 2 is 1.78 bits per heavy atom. The van der Waals surface area contributed by atoms with Crippen LogP contribution in [0.4, 0.5) is 5.69 Å². The number of hydrogen-bond donors (Lipinski definition) is 1. The molecule has 0 spiro atoms. The van der Waals surface area contributed by atoms with Gasteiger partial charge in [-0.25, -0.2) is 0 Å². The highest BCUT2D eigenvalue weighted by molar-refractivity contribution is 6.18. The van der Waals surface area contributed by atoms with E-state index in [2.05, 4.69) is 5.32 Å². The maximum Gasteiger partial charge on any atom is 0.266 e. The summed E-state index contributed by atoms with van der Waals surface area (Å²) in [6.45, 7) is 5.53. The largest absolute Gasteiger partial charge is 0.352 e. The quantitative estimate of drug-likeness (QED) is 0.656. The average molecular weight is 247 g/mol. The Hall–Kier alpha value is -1.68. The van der Waals surface area contributed by atoms with Gasteiger partial charge in [0.25, 0.3) is 5.91 Å². The monoisotopic (exact) mass is 247 g/mol. The van der Waals surface area contributed by atoms with Crippen LogP contribution >= 0.6 is 0 Å². The van der Waals surface area contributed by atoms with Crippen molar-refractivity contribution >= 4 is 17.4 Å². The van der Waals surface area contributed by atoms with Gasteiger partial charge in [0.15, 0.2) is 5.78 Å². The molecule has 4 nitrogen and oxygen atoms in total. The van der Waals surface area contributed by atoms with E-state index in [-0.39, 0.29) is 18.3 Å². The lowest BCUT2D eigenvalue weighted by Crippen LogP contribution is -2.44. The van der Waals surface area contributed by atoms with Crippen molar-refractivity contribution in [3.05, 3.63) is 30.3 Å². The Labute approximate surface area is 106 Å². The van der Waals surface area contributed by atoms with Crippen molar-refractivity contribution in [2.75, 3.05) is 11.9 Å². The molecule has 1 aliphatic heterocycles. The van der Waals surface area contributed by atoms with Gasteiger partial charge in [0.1, 0.15) is 0 Å². The normalized spacial score (nSPS) is 22.4. The summed E-state index contributed by atoms with van der Waals surface area (Å²) < 4.78 is 5.16. The number of rotatable bonds is 3. The summed E-state index contributed by atoms with van der Waals surface area (Å²) in [5.41, 5.74) is -1.21. The second kappa shape index (κ2) is 4.21. The summed E-state index contributed by atoms with van der Waals surface area (Å²) in [5.74, 6) is -0.558. The summed E-state index contributed by atoms with van der Waals surface area (Å²) in [6.07, 6.45) is 0. The Morgan fingerprint density at radius 1 is 1.22 bits per heavy atom. The molecular weight excluding hydrogens is 230 g/mol. The summed E-state index contributed by atoms with van der Waals surface area (Å²) in [7, 11) is 0. The second-order valence-electron chi connectivity index (χ2n) is 5.51. The number of para-hydroxylation sites is 1. The zero-order chi connectivity index (χ0) is 13.4. The minimum atomic E-state index is -1.28. The van der Waals surface area contributed by atoms with Crippen LogP contribution in [0.2, 0.25) is 0 Å². The van der Waals surface area contributed by atoms with Crippen LogP contribution in [-0.4, -0.2) is 23.9 Å². The van der Waals surface area contributed by atoms with Crippen LogP contribution in [0.3, 0.4) is 0 Å². The first-order valence-corrected chi connectivity index (χ1v) is 5.92. The molecule has 1 fully saturated rings. The van der Waals surface area contributed by atoms with Crippen molar-refractivity contribution in [2.45, 2.75) is 26.4 Å². The van der Waals surface area contributed by atoms with Gasteiger partial charge in [-0.2, -0.15) is 0 Å². The number of nitrogens with one attached hydrogen (secondary N) is 1. The maximum atomic E-state index is 12.2. The molecule has 1 unspecified atom stereocenters. The number of ketones is 1. The molecule has 1 aliphatic rings. The molecule has 1 heterocycles. The third-order valence-electron chi connectivity index (χ3n) is 2.88. The van der Waals surface area contributed by atoms with Crippen molar-refractivity contribution in [1.29, 1.82) is 0 Å². The predicted molar refractivity (Wildman–Crippen MR) is 68.2 cm³/mol. The molecule has 1 aromatic carbocycles. The lowest BCUT2D eigenvalue weighted by Gasteiger charge is -2.21. The van der Waals surface area contributed by atoms with E-state index >= 15 is 0 Å². The number of carbonyl (C=O) groups excluding carboxylic acids is 2. The maximum absolute atomic E-state index is 12.2. The SMILES string of the molecule is CC(C)(C)C(=O)C1(C(=O)Nc2ccccc2)CO1. The van der Waals surface area contributed by atoms with Gasteiger partial charge in [-0.1, -0.05) is 39.0 Å². The molecule has 0 bridgehead atoms. The molecule has 0 saturated carbocycles. The minimum Gasteiger partial charge on any atom is -0.352 e. The van der Waals surface area contributed by atoms with E-state index in [4.69, 9.17) is 4.74 Å². The number of carbonyl (C=O) groups is 2. The van der Waals surface area contributed by atoms with E-state index in [0.29, 0.717) is 5.69 Å². The van der Waals surface area contributed by atoms with E-state index in [9.17, 15) is 9.59 Å². The molecule has 0 radical (unpaired) electrons. The van der Waals surface area contributed by atoms with Crippen LogP contribution in [0.1, 0.15) is 20.8 Å². The van der Waals surface area contributed by atoms with E-state index in [1.165, 1.54) is 0 Å². The molecule has 1 aromatic rings. The summed E-state index contributed by atoms with van der Waals surface area (Å²) in [5, 5.41) is 2.71. The number of hydrogen-bond acceptors (Lipinski definition) is 3. The van der Waals surface area contributed by atoms with Gasteiger partial charge in [-0.05, 0) is 12.1 Å². The predicted octanol–water partition coefficient (Wildman–Crippen LogP) is 2.01. The topological polar surface area (TPSA) is 58.7 Å². The van der Waals surface area contributed by atoms with E-state index in [1.807, 2.05) is 18.2 Å². The fraction of sp³-hybridized carbons (Fsp3) is 0.429. The van der Waals surface area contributed by atoms with E-state index < -0.39 is 11.0 Å². The first-order valence-electron chi connectivity index (χ1n) is 5.92. The highest BCUT2D eigenvalue weighted by Crippen LogP contribution is 2.36. The smallest absolute Gasteiger partial charge is 0.266 e. The Kier molecular flexibility index (Phi) is 2.99. The molecule has 1 saturated heterocycles. The first kappa shape index (κ1) is 12.8. The third kappa shape index (κ3) is 2.29. The summed E-state index contributed by atoms with van der Waals surface area (Å²) >= 11 is 0. The van der Waals surface area contributed by atoms with Crippen LogP contribution in [-0.2, 0) is 14.3 Å². The number of amides is 1. The van der Waals surface area contributed by atoms with Crippen LogP contribution in [0.5, 0.6) is 0 Å². The summed E-state index contributed by atoms with van der Waals surface area (Å²) in [4.78, 5) is 24.3. The van der Waals surface area contributed by atoms with Crippen molar-refractivity contribution in [3.8, 4) is 0 Å². The summed E-state index contributed by atoms with van der Waals surface area (Å²) in [6, 6.07) is 9.05. The van der Waals surface area contributed by atoms with Gasteiger partial charge < -0.3 is 10.1 Å². The fourth-order valence-corrected chi connectivity index (χ4v) is 1.80. The minimum absolute atomic E-state index is 0.168. The van der Waals surface area contributed by atoms with E-state index in [1.54, 1.807) is 32.9 Å². The number of Topliss-reactive ketones (excluding diaryl/α,β-unsaturated/α-hetero) is 1. The van der Waals surface area contributed by atoms with E-state index in [0.717, 1.165) is 0 Å². The Morgan fingerprint density at radius 3 is 2.22 bits per heavy atom. The van der Waals surface area contributed by atoms with Gasteiger partial charge in [0, 0.05) is 11.1 Å².